The summed E-state index contributed by atoms with van der Waals surface area (Å²) in [6, 6.07) is 0. The van der Waals surface area contributed by atoms with E-state index in [1.165, 1.54) is 6.92 Å². The van der Waals surface area contributed by atoms with Gasteiger partial charge in [-0.1, -0.05) is 0 Å². The van der Waals surface area contributed by atoms with Crippen molar-refractivity contribution in [3.05, 3.63) is 16.9 Å². The zero-order chi connectivity index (χ0) is 15.4. The molecule has 0 aromatic carbocycles. The van der Waals surface area contributed by atoms with Gasteiger partial charge in [0.05, 0.1) is 12.0 Å². The molecule has 114 valence electrons. The number of fused-ring (bicyclic) bond motifs is 1. The molecule has 3 rings (SSSR count). The molecule has 9 heteroatoms. The molecule has 21 heavy (non-hydrogen) atoms. The molecule has 5 N–H and O–H groups in total. The van der Waals surface area contributed by atoms with Crippen molar-refractivity contribution in [2.45, 2.75) is 31.0 Å². The van der Waals surface area contributed by atoms with E-state index in [2.05, 4.69) is 25.9 Å². The number of aromatic nitrogens is 3. The van der Waals surface area contributed by atoms with E-state index in [1.54, 1.807) is 17.0 Å². The number of hydrogen-bond acceptors (Lipinski definition) is 7. The molecule has 0 radical (unpaired) electrons. The largest absolute Gasteiger partial charge is 0.394 e. The number of aliphatic hydroxyl groups is 3. The highest BCUT2D eigenvalue weighted by molar-refractivity contribution is 9.10. The Kier molecular flexibility index (Phi) is 3.41. The second kappa shape index (κ2) is 4.89. The Morgan fingerprint density at radius 3 is 2.90 bits per heavy atom. The van der Waals surface area contributed by atoms with Crippen molar-refractivity contribution >= 4 is 32.9 Å². The molecule has 2 aromatic heterocycles. The Balaban J connectivity index is 2.14. The fourth-order valence-electron chi connectivity index (χ4n) is 2.57. The fourth-order valence-corrected chi connectivity index (χ4v) is 3.07. The zero-order valence-electron chi connectivity index (χ0n) is 11.1. The van der Waals surface area contributed by atoms with Crippen LogP contribution in [0.2, 0.25) is 0 Å². The molecule has 0 amide bonds. The maximum Gasteiger partial charge on any atom is 0.221 e. The second-order valence-corrected chi connectivity index (χ2v) is 6.08. The minimum absolute atomic E-state index is 0.0891. The van der Waals surface area contributed by atoms with Gasteiger partial charge in [0.25, 0.3) is 0 Å². The molecule has 1 fully saturated rings. The van der Waals surface area contributed by atoms with Gasteiger partial charge < -0.3 is 30.4 Å². The summed E-state index contributed by atoms with van der Waals surface area (Å²) in [5.41, 5.74) is 4.48. The van der Waals surface area contributed by atoms with Gasteiger partial charge >= 0.3 is 0 Å². The third-order valence-corrected chi connectivity index (χ3v) is 4.36. The number of anilines is 1. The van der Waals surface area contributed by atoms with Gasteiger partial charge in [-0.3, -0.25) is 0 Å². The normalized spacial score (nSPS) is 32.9. The Morgan fingerprint density at radius 2 is 2.29 bits per heavy atom. The first-order valence-corrected chi connectivity index (χ1v) is 7.11. The number of aliphatic hydroxyl groups excluding tert-OH is 2. The number of hydrogen-bond donors (Lipinski definition) is 4. The van der Waals surface area contributed by atoms with Gasteiger partial charge in [0, 0.05) is 16.9 Å². The molecular formula is C12H15BrN4O4. The van der Waals surface area contributed by atoms with Crippen LogP contribution in [0.25, 0.3) is 11.0 Å². The summed E-state index contributed by atoms with van der Waals surface area (Å²) in [6.07, 6.45) is 0.225. The Labute approximate surface area is 128 Å². The van der Waals surface area contributed by atoms with Gasteiger partial charge in [0.1, 0.15) is 23.5 Å². The minimum Gasteiger partial charge on any atom is -0.394 e. The first kappa shape index (κ1) is 14.7. The molecular weight excluding hydrogens is 344 g/mol. The highest BCUT2D eigenvalue weighted by Gasteiger charge is 2.53. The van der Waals surface area contributed by atoms with Gasteiger partial charge in [-0.2, -0.15) is 4.98 Å². The summed E-state index contributed by atoms with van der Waals surface area (Å²) in [5, 5.41) is 30.5. The molecule has 2 aromatic rings. The summed E-state index contributed by atoms with van der Waals surface area (Å²) in [4.78, 5) is 8.07. The van der Waals surface area contributed by atoms with Crippen LogP contribution in [0, 0.1) is 0 Å². The second-order valence-electron chi connectivity index (χ2n) is 5.23. The molecule has 8 nitrogen and oxygen atoms in total. The van der Waals surface area contributed by atoms with E-state index in [9.17, 15) is 15.3 Å². The van der Waals surface area contributed by atoms with Crippen LogP contribution < -0.4 is 5.73 Å². The van der Waals surface area contributed by atoms with Crippen molar-refractivity contribution in [3.8, 4) is 0 Å². The number of halogens is 1. The maximum atomic E-state index is 10.5. The predicted molar refractivity (Wildman–Crippen MR) is 77.3 cm³/mol. The Bertz CT molecular complexity index is 689. The molecule has 0 spiro atoms. The van der Waals surface area contributed by atoms with Crippen LogP contribution in [0.5, 0.6) is 0 Å². The van der Waals surface area contributed by atoms with E-state index in [4.69, 9.17) is 10.5 Å². The molecule has 0 unspecified atom stereocenters. The average Bonchev–Trinajstić information content (AvgIpc) is 2.86. The van der Waals surface area contributed by atoms with Crippen LogP contribution in [0.15, 0.2) is 16.9 Å². The third-order valence-electron chi connectivity index (χ3n) is 3.73. The molecule has 4 atom stereocenters. The first-order chi connectivity index (χ1) is 9.86. The number of nitrogen functional groups attached to an aromatic ring is 1. The number of rotatable bonds is 2. The van der Waals surface area contributed by atoms with Gasteiger partial charge in [-0.05, 0) is 22.9 Å². The van der Waals surface area contributed by atoms with Gasteiger partial charge in [0.2, 0.25) is 5.95 Å². The van der Waals surface area contributed by atoms with Gasteiger partial charge in [-0.15, -0.1) is 0 Å². The quantitative estimate of drug-likeness (QED) is 0.584. The standard InChI is InChI=1S/C12H15BrN4O4/c1-12(20)8(19)7(4-18)21-10(12)17-3-6(13)5-2-15-11(14)16-9(5)17/h2-3,7-8,10,18-20H,4H2,1H3,(H2,14,15,16)/t7-,8-,10-,12-/m1/s1. The third kappa shape index (κ3) is 2.12. The first-order valence-electron chi connectivity index (χ1n) is 6.31. The summed E-state index contributed by atoms with van der Waals surface area (Å²) in [5.74, 6) is 0.0891. The van der Waals surface area contributed by atoms with Crippen LogP contribution >= 0.6 is 15.9 Å². The van der Waals surface area contributed by atoms with Crippen molar-refractivity contribution in [2.24, 2.45) is 0 Å². The molecule has 3 heterocycles. The minimum atomic E-state index is -1.58. The summed E-state index contributed by atoms with van der Waals surface area (Å²) in [7, 11) is 0. The van der Waals surface area contributed by atoms with E-state index in [1.807, 2.05) is 0 Å². The van der Waals surface area contributed by atoms with Crippen molar-refractivity contribution in [3.63, 3.8) is 0 Å². The molecule has 1 aliphatic heterocycles. The van der Waals surface area contributed by atoms with Gasteiger partial charge in [-0.25, -0.2) is 4.98 Å². The number of nitrogens with zero attached hydrogens (tertiary/aromatic N) is 3. The highest BCUT2D eigenvalue weighted by atomic mass is 79.9. The lowest BCUT2D eigenvalue weighted by Crippen LogP contribution is -2.44. The molecule has 0 saturated carbocycles. The van der Waals surface area contributed by atoms with E-state index < -0.39 is 30.6 Å². The lowest BCUT2D eigenvalue weighted by atomic mass is 9.96. The molecule has 0 aliphatic carbocycles. The van der Waals surface area contributed by atoms with Crippen LogP contribution in [-0.2, 0) is 4.74 Å². The van der Waals surface area contributed by atoms with Crippen molar-refractivity contribution in [2.75, 3.05) is 12.3 Å². The molecule has 0 bridgehead atoms. The SMILES string of the molecule is C[C@@]1(O)[C@H](O)[C@@H](CO)O[C@H]1n1cc(Br)c2cnc(N)nc21. The van der Waals surface area contributed by atoms with Crippen molar-refractivity contribution in [1.82, 2.24) is 14.5 Å². The van der Waals surface area contributed by atoms with E-state index in [-0.39, 0.29) is 5.95 Å². The van der Waals surface area contributed by atoms with Crippen molar-refractivity contribution in [1.29, 1.82) is 0 Å². The lowest BCUT2D eigenvalue weighted by Gasteiger charge is -2.27. The maximum absolute atomic E-state index is 10.5. The Morgan fingerprint density at radius 1 is 1.57 bits per heavy atom. The predicted octanol–water partition coefficient (Wildman–Crippen LogP) is -0.222. The smallest absolute Gasteiger partial charge is 0.221 e. The zero-order valence-corrected chi connectivity index (χ0v) is 12.7. The topological polar surface area (TPSA) is 127 Å². The van der Waals surface area contributed by atoms with Gasteiger partial charge in [0.15, 0.2) is 6.23 Å². The lowest BCUT2D eigenvalue weighted by molar-refractivity contribution is -0.0948. The van der Waals surface area contributed by atoms with E-state index in [0.717, 1.165) is 0 Å². The Hall–Kier alpha value is -1.26. The summed E-state index contributed by atoms with van der Waals surface area (Å²) < 4.78 is 7.85. The van der Waals surface area contributed by atoms with Crippen LogP contribution in [-0.4, -0.2) is 54.3 Å². The summed E-state index contributed by atoms with van der Waals surface area (Å²) >= 11 is 3.38. The fraction of sp³-hybridized carbons (Fsp3) is 0.500. The highest BCUT2D eigenvalue weighted by Crippen LogP contribution is 2.41. The number of nitrogens with two attached hydrogens (primary N) is 1. The van der Waals surface area contributed by atoms with E-state index in [0.29, 0.717) is 15.5 Å². The molecule has 1 aliphatic rings. The monoisotopic (exact) mass is 358 g/mol. The van der Waals surface area contributed by atoms with Crippen LogP contribution in [0.3, 0.4) is 0 Å². The average molecular weight is 359 g/mol. The van der Waals surface area contributed by atoms with E-state index >= 15 is 0 Å². The van der Waals surface area contributed by atoms with Crippen LogP contribution in [0.4, 0.5) is 5.95 Å². The molecule has 1 saturated heterocycles. The van der Waals surface area contributed by atoms with Crippen LogP contribution in [0.1, 0.15) is 13.2 Å². The summed E-state index contributed by atoms with van der Waals surface area (Å²) in [6.45, 7) is 1.05. The number of ether oxygens (including phenoxy) is 1. The van der Waals surface area contributed by atoms with Crippen molar-refractivity contribution < 1.29 is 20.1 Å².